The lowest BCUT2D eigenvalue weighted by atomic mass is 10.2. The summed E-state index contributed by atoms with van der Waals surface area (Å²) in [7, 11) is 0. The smallest absolute Gasteiger partial charge is 0.339 e. The highest BCUT2D eigenvalue weighted by Crippen LogP contribution is 2.31. The maximum Gasteiger partial charge on any atom is 0.339 e. The van der Waals surface area contributed by atoms with Crippen molar-refractivity contribution in [2.45, 2.75) is 0 Å². The first-order chi connectivity index (χ1) is 10.1. The molecule has 1 N–H and O–H groups in total. The monoisotopic (exact) mass is 300 g/mol. The first-order valence-corrected chi connectivity index (χ1v) is 6.44. The number of nitrogens with zero attached hydrogens (tertiary/aromatic N) is 2. The zero-order valence-corrected chi connectivity index (χ0v) is 11.4. The predicted octanol–water partition coefficient (Wildman–Crippen LogP) is 3.77. The van der Waals surface area contributed by atoms with E-state index in [1.165, 1.54) is 18.2 Å². The van der Waals surface area contributed by atoms with Crippen molar-refractivity contribution in [3.8, 4) is 11.6 Å². The molecule has 1 aromatic heterocycles. The van der Waals surface area contributed by atoms with Crippen LogP contribution in [-0.4, -0.2) is 21.3 Å². The fourth-order valence-electron chi connectivity index (χ4n) is 1.94. The number of benzene rings is 2. The standard InChI is InChI=1S/C15H9ClN2O3/c16-10-5-6-12(15(19)20)13(7-10)21-14-11-4-2-1-3-9(11)8-17-18-14/h1-8H,(H,19,20). The van der Waals surface area contributed by atoms with Crippen molar-refractivity contribution in [2.24, 2.45) is 0 Å². The molecule has 0 radical (unpaired) electrons. The summed E-state index contributed by atoms with van der Waals surface area (Å²) in [5.41, 5.74) is 0.00846. The number of carbonyl (C=O) groups is 1. The Balaban J connectivity index is 2.11. The maximum absolute atomic E-state index is 11.2. The van der Waals surface area contributed by atoms with Gasteiger partial charge in [0, 0.05) is 21.9 Å². The van der Waals surface area contributed by atoms with Gasteiger partial charge in [-0.3, -0.25) is 0 Å². The van der Waals surface area contributed by atoms with Gasteiger partial charge in [-0.1, -0.05) is 29.8 Å². The molecule has 1 heterocycles. The van der Waals surface area contributed by atoms with Gasteiger partial charge in [0.15, 0.2) is 0 Å². The lowest BCUT2D eigenvalue weighted by Gasteiger charge is -2.09. The molecular weight excluding hydrogens is 292 g/mol. The van der Waals surface area contributed by atoms with E-state index in [2.05, 4.69) is 10.2 Å². The SMILES string of the molecule is O=C(O)c1ccc(Cl)cc1Oc1nncc2ccccc12. The van der Waals surface area contributed by atoms with Gasteiger partial charge in [0.1, 0.15) is 11.3 Å². The number of aromatic nitrogens is 2. The maximum atomic E-state index is 11.2. The average molecular weight is 301 g/mol. The summed E-state index contributed by atoms with van der Waals surface area (Å²) in [5.74, 6) is -0.742. The molecule has 0 fully saturated rings. The van der Waals surface area contributed by atoms with Gasteiger partial charge in [-0.2, -0.15) is 5.10 Å². The van der Waals surface area contributed by atoms with Crippen LogP contribution in [0.15, 0.2) is 48.7 Å². The molecule has 2 aromatic carbocycles. The molecule has 0 saturated heterocycles. The number of hydrogen-bond donors (Lipinski definition) is 1. The van der Waals surface area contributed by atoms with Gasteiger partial charge in [-0.15, -0.1) is 5.10 Å². The number of aromatic carboxylic acids is 1. The average Bonchev–Trinajstić information content (AvgIpc) is 2.47. The van der Waals surface area contributed by atoms with E-state index in [0.717, 1.165) is 10.8 Å². The van der Waals surface area contributed by atoms with Crippen molar-refractivity contribution >= 4 is 28.3 Å². The van der Waals surface area contributed by atoms with Gasteiger partial charge < -0.3 is 9.84 Å². The minimum atomic E-state index is -1.10. The number of halogens is 1. The van der Waals surface area contributed by atoms with Crippen LogP contribution in [0, 0.1) is 0 Å². The number of carboxylic acid groups (broad SMARTS) is 1. The van der Waals surface area contributed by atoms with Crippen LogP contribution in [0.3, 0.4) is 0 Å². The van der Waals surface area contributed by atoms with Crippen molar-refractivity contribution in [1.29, 1.82) is 0 Å². The van der Waals surface area contributed by atoms with E-state index in [1.807, 2.05) is 24.3 Å². The van der Waals surface area contributed by atoms with E-state index in [1.54, 1.807) is 6.20 Å². The Kier molecular flexibility index (Phi) is 3.41. The Labute approximate surface area is 124 Å². The van der Waals surface area contributed by atoms with Gasteiger partial charge in [0.05, 0.1) is 6.20 Å². The number of fused-ring (bicyclic) bond motifs is 1. The highest BCUT2D eigenvalue weighted by atomic mass is 35.5. The summed E-state index contributed by atoms with van der Waals surface area (Å²) in [5, 5.41) is 18.9. The molecule has 3 aromatic rings. The van der Waals surface area contributed by atoms with E-state index in [4.69, 9.17) is 16.3 Å². The second-order valence-electron chi connectivity index (χ2n) is 4.28. The third-order valence-corrected chi connectivity index (χ3v) is 3.15. The number of carboxylic acids is 1. The van der Waals surface area contributed by atoms with Crippen LogP contribution in [-0.2, 0) is 0 Å². The predicted molar refractivity (Wildman–Crippen MR) is 78.0 cm³/mol. The zero-order chi connectivity index (χ0) is 14.8. The quantitative estimate of drug-likeness (QED) is 0.797. The highest BCUT2D eigenvalue weighted by Gasteiger charge is 2.14. The van der Waals surface area contributed by atoms with Gasteiger partial charge in [0.2, 0.25) is 5.88 Å². The summed E-state index contributed by atoms with van der Waals surface area (Å²) in [6.07, 6.45) is 1.61. The Morgan fingerprint density at radius 3 is 2.81 bits per heavy atom. The largest absolute Gasteiger partial charge is 0.478 e. The molecule has 0 saturated carbocycles. The van der Waals surface area contributed by atoms with Crippen LogP contribution >= 0.6 is 11.6 Å². The van der Waals surface area contributed by atoms with Crippen LogP contribution in [0.4, 0.5) is 0 Å². The summed E-state index contributed by atoms with van der Waals surface area (Å²) in [6, 6.07) is 11.7. The van der Waals surface area contributed by atoms with E-state index in [-0.39, 0.29) is 17.2 Å². The van der Waals surface area contributed by atoms with E-state index in [9.17, 15) is 9.90 Å². The summed E-state index contributed by atoms with van der Waals surface area (Å²) < 4.78 is 5.63. The van der Waals surface area contributed by atoms with Crippen molar-refractivity contribution in [3.05, 3.63) is 59.2 Å². The van der Waals surface area contributed by atoms with Crippen LogP contribution in [0.1, 0.15) is 10.4 Å². The van der Waals surface area contributed by atoms with Gasteiger partial charge in [-0.25, -0.2) is 4.79 Å². The minimum absolute atomic E-state index is 0.00846. The van der Waals surface area contributed by atoms with E-state index in [0.29, 0.717) is 5.02 Å². The Hall–Kier alpha value is -2.66. The Morgan fingerprint density at radius 1 is 1.19 bits per heavy atom. The van der Waals surface area contributed by atoms with Crippen LogP contribution in [0.2, 0.25) is 5.02 Å². The lowest BCUT2D eigenvalue weighted by Crippen LogP contribution is -2.01. The normalized spacial score (nSPS) is 10.5. The minimum Gasteiger partial charge on any atom is -0.478 e. The molecule has 21 heavy (non-hydrogen) atoms. The molecule has 0 atom stereocenters. The van der Waals surface area contributed by atoms with Crippen LogP contribution < -0.4 is 4.74 Å². The number of rotatable bonds is 3. The fraction of sp³-hybridized carbons (Fsp3) is 0. The number of ether oxygens (including phenoxy) is 1. The summed E-state index contributed by atoms with van der Waals surface area (Å²) in [6.45, 7) is 0. The van der Waals surface area contributed by atoms with Crippen LogP contribution in [0.25, 0.3) is 10.8 Å². The van der Waals surface area contributed by atoms with Crippen LogP contribution in [0.5, 0.6) is 11.6 Å². The second-order valence-corrected chi connectivity index (χ2v) is 4.72. The van der Waals surface area contributed by atoms with Crippen molar-refractivity contribution in [3.63, 3.8) is 0 Å². The van der Waals surface area contributed by atoms with Gasteiger partial charge in [-0.05, 0) is 18.2 Å². The Morgan fingerprint density at radius 2 is 2.00 bits per heavy atom. The van der Waals surface area contributed by atoms with Gasteiger partial charge >= 0.3 is 5.97 Å². The first kappa shape index (κ1) is 13.3. The van der Waals surface area contributed by atoms with Gasteiger partial charge in [0.25, 0.3) is 0 Å². The molecule has 0 aliphatic rings. The van der Waals surface area contributed by atoms with E-state index < -0.39 is 5.97 Å². The summed E-state index contributed by atoms with van der Waals surface area (Å²) >= 11 is 5.90. The molecule has 6 heteroatoms. The van der Waals surface area contributed by atoms with Crippen molar-refractivity contribution < 1.29 is 14.6 Å². The van der Waals surface area contributed by atoms with E-state index >= 15 is 0 Å². The molecule has 3 rings (SSSR count). The third-order valence-electron chi connectivity index (χ3n) is 2.92. The van der Waals surface area contributed by atoms with Crippen molar-refractivity contribution in [2.75, 3.05) is 0 Å². The van der Waals surface area contributed by atoms with Crippen molar-refractivity contribution in [1.82, 2.24) is 10.2 Å². The molecule has 104 valence electrons. The molecule has 0 unspecified atom stereocenters. The Bertz CT molecular complexity index is 831. The topological polar surface area (TPSA) is 72.3 Å². The molecule has 0 amide bonds. The second kappa shape index (κ2) is 5.38. The molecular formula is C15H9ClN2O3. The lowest BCUT2D eigenvalue weighted by molar-refractivity contribution is 0.0694. The molecule has 0 aliphatic heterocycles. The third kappa shape index (κ3) is 2.64. The fourth-order valence-corrected chi connectivity index (χ4v) is 2.10. The molecule has 0 aliphatic carbocycles. The molecule has 0 spiro atoms. The first-order valence-electron chi connectivity index (χ1n) is 6.06. The number of hydrogen-bond acceptors (Lipinski definition) is 4. The molecule has 0 bridgehead atoms. The highest BCUT2D eigenvalue weighted by molar-refractivity contribution is 6.30. The summed E-state index contributed by atoms with van der Waals surface area (Å²) in [4.78, 5) is 11.2. The molecule has 5 nitrogen and oxygen atoms in total. The zero-order valence-electron chi connectivity index (χ0n) is 10.7.